The fraction of sp³-hybridized carbons (Fsp3) is 0.640. The Bertz CT molecular complexity index is 849. The minimum atomic E-state index is -0.551. The second kappa shape index (κ2) is 12.1. The molecule has 2 heterocycles. The van der Waals surface area contributed by atoms with E-state index in [0.29, 0.717) is 19.5 Å². The van der Waals surface area contributed by atoms with E-state index >= 15 is 0 Å². The maximum absolute atomic E-state index is 13.4. The number of hydrogen-bond donors (Lipinski definition) is 1. The largest absolute Gasteiger partial charge is 0.337 e. The third kappa shape index (κ3) is 6.05. The number of carbonyl (C=O) groups is 3. The summed E-state index contributed by atoms with van der Waals surface area (Å²) in [5.41, 5.74) is 0.777. The normalized spacial score (nSPS) is 21.1. The average Bonchev–Trinajstić information content (AvgIpc) is 2.81. The molecule has 0 saturated carbocycles. The van der Waals surface area contributed by atoms with Gasteiger partial charge in [0.05, 0.1) is 13.1 Å². The van der Waals surface area contributed by atoms with Crippen LogP contribution < -0.4 is 5.32 Å². The third-order valence-electron chi connectivity index (χ3n) is 6.62. The number of hydrogen-bond acceptors (Lipinski definition) is 4. The number of halogens is 1. The zero-order valence-electron chi connectivity index (χ0n) is 20.6. The molecule has 9 heteroatoms. The lowest BCUT2D eigenvalue weighted by Gasteiger charge is -2.54. The van der Waals surface area contributed by atoms with Crippen molar-refractivity contribution in [1.82, 2.24) is 25.1 Å². The van der Waals surface area contributed by atoms with Crippen LogP contribution in [-0.4, -0.2) is 76.6 Å². The zero-order valence-corrected chi connectivity index (χ0v) is 20.6. The smallest absolute Gasteiger partial charge is 0.334 e. The van der Waals surface area contributed by atoms with Crippen LogP contribution in [0.5, 0.6) is 0 Å². The second-order valence-electron chi connectivity index (χ2n) is 9.23. The first-order valence-corrected chi connectivity index (χ1v) is 12.5. The van der Waals surface area contributed by atoms with E-state index in [1.165, 1.54) is 12.1 Å². The molecule has 1 N–H and O–H groups in total. The highest BCUT2D eigenvalue weighted by atomic mass is 19.1. The number of fused-ring (bicyclic) bond motifs is 1. The van der Waals surface area contributed by atoms with Crippen LogP contribution >= 0.6 is 0 Å². The molecular weight excluding hydrogens is 437 g/mol. The molecule has 2 atom stereocenters. The summed E-state index contributed by atoms with van der Waals surface area (Å²) in [5.74, 6) is -0.468. The van der Waals surface area contributed by atoms with Crippen LogP contribution in [0.2, 0.25) is 0 Å². The average molecular weight is 476 g/mol. The number of likely N-dealkylation sites (N-methyl/N-ethyl adjacent to an activating group) is 1. The molecular formula is C25H38FN5O3. The Labute approximate surface area is 202 Å². The number of carbonyl (C=O) groups excluding carboxylic acids is 3. The highest BCUT2D eigenvalue weighted by Gasteiger charge is 2.50. The van der Waals surface area contributed by atoms with Crippen LogP contribution in [0.4, 0.5) is 9.18 Å². The molecule has 0 aromatic heterocycles. The molecule has 0 radical (unpaired) electrons. The summed E-state index contributed by atoms with van der Waals surface area (Å²) in [6, 6.07) is 5.09. The third-order valence-corrected chi connectivity index (χ3v) is 6.62. The lowest BCUT2D eigenvalue weighted by atomic mass is 10.0. The van der Waals surface area contributed by atoms with E-state index in [9.17, 15) is 18.8 Å². The second-order valence-corrected chi connectivity index (χ2v) is 9.23. The number of rotatable bonds is 10. The molecule has 0 aliphatic carbocycles. The Morgan fingerprint density at radius 1 is 1.06 bits per heavy atom. The van der Waals surface area contributed by atoms with E-state index in [1.807, 2.05) is 4.90 Å². The van der Waals surface area contributed by atoms with Gasteiger partial charge in [0.25, 0.3) is 0 Å². The van der Waals surface area contributed by atoms with Gasteiger partial charge in [-0.3, -0.25) is 9.59 Å². The van der Waals surface area contributed by atoms with E-state index in [1.54, 1.807) is 34.1 Å². The molecule has 2 aliphatic heterocycles. The Hall–Kier alpha value is -2.68. The van der Waals surface area contributed by atoms with Gasteiger partial charge in [-0.1, -0.05) is 58.1 Å². The van der Waals surface area contributed by atoms with Crippen molar-refractivity contribution in [2.75, 3.05) is 26.7 Å². The molecule has 3 rings (SSSR count). The Kier molecular flexibility index (Phi) is 9.27. The molecule has 8 nitrogen and oxygen atoms in total. The summed E-state index contributed by atoms with van der Waals surface area (Å²) < 4.78 is 13.2. The molecule has 1 unspecified atom stereocenters. The van der Waals surface area contributed by atoms with Crippen LogP contribution in [0.3, 0.4) is 0 Å². The quantitative estimate of drug-likeness (QED) is 0.527. The Morgan fingerprint density at radius 3 is 2.44 bits per heavy atom. The van der Waals surface area contributed by atoms with E-state index in [0.717, 1.165) is 44.1 Å². The van der Waals surface area contributed by atoms with Crippen LogP contribution in [0.1, 0.15) is 64.4 Å². The van der Waals surface area contributed by atoms with E-state index in [2.05, 4.69) is 19.2 Å². The molecule has 4 amide bonds. The standard InChI is InChI=1S/C25H38FN5O3/c1-4-6-8-9-15-29-17-22-30(21(24(29)33)10-7-5-2)23(32)18-28(3)31(22)25(34)27-16-19-11-13-20(26)14-12-19/h11-14,21-22H,4-10,15-18H2,1-3H3,(H,27,34)/t21-,22?/m0/s1. The molecule has 0 spiro atoms. The van der Waals surface area contributed by atoms with Gasteiger partial charge < -0.3 is 15.1 Å². The van der Waals surface area contributed by atoms with Crippen molar-refractivity contribution in [3.63, 3.8) is 0 Å². The molecule has 2 fully saturated rings. The minimum absolute atomic E-state index is 0.00854. The molecule has 2 saturated heterocycles. The summed E-state index contributed by atoms with van der Waals surface area (Å²) in [6.07, 6.45) is 6.00. The number of amides is 4. The van der Waals surface area contributed by atoms with Crippen LogP contribution in [0, 0.1) is 5.82 Å². The van der Waals surface area contributed by atoms with Crippen LogP contribution in [0.15, 0.2) is 24.3 Å². The fourth-order valence-corrected chi connectivity index (χ4v) is 4.77. The van der Waals surface area contributed by atoms with Crippen molar-refractivity contribution < 1.29 is 18.8 Å². The van der Waals surface area contributed by atoms with Gasteiger partial charge in [-0.15, -0.1) is 0 Å². The van der Waals surface area contributed by atoms with Gasteiger partial charge in [-0.2, -0.15) is 0 Å². The maximum atomic E-state index is 13.4. The first-order chi connectivity index (χ1) is 16.4. The van der Waals surface area contributed by atoms with Gasteiger partial charge in [0.2, 0.25) is 11.8 Å². The van der Waals surface area contributed by atoms with Crippen molar-refractivity contribution in [2.45, 2.75) is 77.5 Å². The van der Waals surface area contributed by atoms with Gasteiger partial charge >= 0.3 is 6.03 Å². The van der Waals surface area contributed by atoms with Crippen molar-refractivity contribution in [3.05, 3.63) is 35.6 Å². The fourth-order valence-electron chi connectivity index (χ4n) is 4.77. The first-order valence-electron chi connectivity index (χ1n) is 12.5. The molecule has 1 aromatic carbocycles. The summed E-state index contributed by atoms with van der Waals surface area (Å²) in [5, 5.41) is 6.09. The van der Waals surface area contributed by atoms with Gasteiger partial charge in [-0.25, -0.2) is 19.2 Å². The molecule has 2 aliphatic rings. The number of nitrogens with zero attached hydrogens (tertiary/aromatic N) is 4. The SMILES string of the molecule is CCCCCCN1CC2N(C(=O)CN(C)N2C(=O)NCc2ccc(F)cc2)[C@@H](CCCC)C1=O. The van der Waals surface area contributed by atoms with Crippen LogP contribution in [-0.2, 0) is 16.1 Å². The number of piperazine rings is 1. The highest BCUT2D eigenvalue weighted by Crippen LogP contribution is 2.28. The number of hydrazine groups is 1. The highest BCUT2D eigenvalue weighted by molar-refractivity contribution is 5.91. The molecule has 188 valence electrons. The number of nitrogens with one attached hydrogen (secondary N) is 1. The monoisotopic (exact) mass is 475 g/mol. The Balaban J connectivity index is 1.79. The lowest BCUT2D eigenvalue weighted by Crippen LogP contribution is -2.75. The van der Waals surface area contributed by atoms with E-state index in [4.69, 9.17) is 0 Å². The predicted molar refractivity (Wildman–Crippen MR) is 128 cm³/mol. The first kappa shape index (κ1) is 25.9. The predicted octanol–water partition coefficient (Wildman–Crippen LogP) is 3.33. The summed E-state index contributed by atoms with van der Waals surface area (Å²) in [6.45, 7) is 5.42. The number of unbranched alkanes of at least 4 members (excludes halogenated alkanes) is 4. The van der Waals surface area contributed by atoms with Crippen molar-refractivity contribution in [3.8, 4) is 0 Å². The van der Waals surface area contributed by atoms with Crippen molar-refractivity contribution in [2.24, 2.45) is 0 Å². The van der Waals surface area contributed by atoms with Crippen molar-refractivity contribution >= 4 is 17.8 Å². The molecule has 0 bridgehead atoms. The van der Waals surface area contributed by atoms with Gasteiger partial charge in [-0.05, 0) is 30.5 Å². The summed E-state index contributed by atoms with van der Waals surface area (Å²) >= 11 is 0. The van der Waals surface area contributed by atoms with Crippen LogP contribution in [0.25, 0.3) is 0 Å². The van der Waals surface area contributed by atoms with Gasteiger partial charge in [0.15, 0.2) is 0 Å². The minimum Gasteiger partial charge on any atom is -0.337 e. The van der Waals surface area contributed by atoms with Gasteiger partial charge in [0, 0.05) is 20.1 Å². The summed E-state index contributed by atoms with van der Waals surface area (Å²) in [7, 11) is 1.72. The maximum Gasteiger partial charge on any atom is 0.334 e. The van der Waals surface area contributed by atoms with E-state index in [-0.39, 0.29) is 36.8 Å². The van der Waals surface area contributed by atoms with Gasteiger partial charge in [0.1, 0.15) is 18.0 Å². The van der Waals surface area contributed by atoms with E-state index < -0.39 is 12.2 Å². The Morgan fingerprint density at radius 2 is 1.76 bits per heavy atom. The summed E-state index contributed by atoms with van der Waals surface area (Å²) in [4.78, 5) is 43.2. The van der Waals surface area contributed by atoms with Crippen molar-refractivity contribution in [1.29, 1.82) is 0 Å². The number of urea groups is 1. The zero-order chi connectivity index (χ0) is 24.7. The topological polar surface area (TPSA) is 76.2 Å². The molecule has 1 aromatic rings. The molecule has 34 heavy (non-hydrogen) atoms. The lowest BCUT2D eigenvalue weighted by molar-refractivity contribution is -0.187. The number of benzene rings is 1.